The Bertz CT molecular complexity index is 1700. The summed E-state index contributed by atoms with van der Waals surface area (Å²) in [6, 6.07) is 0. The van der Waals surface area contributed by atoms with Gasteiger partial charge >= 0.3 is 88.7 Å². The Kier molecular flexibility index (Phi) is 120. The summed E-state index contributed by atoms with van der Waals surface area (Å²) in [5.74, 6) is 3.47. The van der Waals surface area contributed by atoms with E-state index in [9.17, 15) is 25.9 Å². The molecule has 0 fully saturated rings. The summed E-state index contributed by atoms with van der Waals surface area (Å²) in [6.45, 7) is 29.8. The second-order valence-electron chi connectivity index (χ2n) is 30.5. The van der Waals surface area contributed by atoms with Gasteiger partial charge in [0.25, 0.3) is 0 Å². The van der Waals surface area contributed by atoms with E-state index in [-0.39, 0.29) is 113 Å². The molecule has 0 aliphatic rings. The molecular weight excluding hydrogens is 1320 g/mol. The van der Waals surface area contributed by atoms with Gasteiger partial charge in [-0.2, -0.15) is 0 Å². The van der Waals surface area contributed by atoms with Crippen LogP contribution in [0.25, 0.3) is 0 Å². The second kappa shape index (κ2) is 99.4. The van der Waals surface area contributed by atoms with Crippen LogP contribution in [0.3, 0.4) is 0 Å². The van der Waals surface area contributed by atoms with Crippen LogP contribution in [0.15, 0.2) is 11.6 Å². The van der Waals surface area contributed by atoms with Gasteiger partial charge < -0.3 is 24.8 Å². The number of hydrogen-bond acceptors (Lipinski definition) is 11. The molecule has 100 heavy (non-hydrogen) atoms. The quantitative estimate of drug-likeness (QED) is 0.0193. The largest absolute Gasteiger partial charge is 1.00 e. The Morgan fingerprint density at radius 3 is 0.850 bits per heavy atom. The molecule has 0 aromatic heterocycles. The molecule has 6 unspecified atom stereocenters. The first-order chi connectivity index (χ1) is 46.1. The van der Waals surface area contributed by atoms with Crippen molar-refractivity contribution in [3.8, 4) is 0 Å². The molecule has 0 aromatic carbocycles. The van der Waals surface area contributed by atoms with Crippen molar-refractivity contribution in [3.05, 3.63) is 11.6 Å². The Morgan fingerprint density at radius 2 is 0.580 bits per heavy atom. The summed E-state index contributed by atoms with van der Waals surface area (Å²) in [5.41, 5.74) is 1.59. The molecule has 0 aliphatic heterocycles. The van der Waals surface area contributed by atoms with Crippen LogP contribution in [0.4, 0.5) is 0 Å². The average Bonchev–Trinajstić information content (AvgIpc) is 1.28. The Labute approximate surface area is 695 Å². The predicted molar refractivity (Wildman–Crippen MR) is 423 cm³/mol. The molecule has 0 saturated heterocycles. The van der Waals surface area contributed by atoms with Gasteiger partial charge in [-0.3, -0.25) is 8.37 Å². The normalized spacial score (nSPS) is 13.1. The van der Waals surface area contributed by atoms with Crippen molar-refractivity contribution in [2.24, 2.45) is 35.5 Å². The maximum atomic E-state index is 10.4. The topological polar surface area (TPSA) is 203 Å². The van der Waals surface area contributed by atoms with Crippen LogP contribution in [0.5, 0.6) is 0 Å². The summed E-state index contributed by atoms with van der Waals surface area (Å²) in [7, 11) is -9.05. The Hall–Kier alpha value is 2.36. The third-order valence-electron chi connectivity index (χ3n) is 19.2. The zero-order valence-electron chi connectivity index (χ0n) is 70.5. The average molecular weight is 1490 g/mol. The molecule has 0 spiro atoms. The van der Waals surface area contributed by atoms with E-state index in [2.05, 4.69) is 97.5 Å². The van der Waals surface area contributed by atoms with Crippen LogP contribution in [0.2, 0.25) is 0 Å². The SMILES string of the molecule is CCCCCCCCCC/C=C(\C)CCC.CCCCCCCCCCCC(C)CC(C)CO.CCCCCCCCCCCC(C)CC(C)COS(=O)(=O)[O-].CCCCCCCCCCCC(C)CCCCO.CCCCCCCCCCCC(C)CCCCOS(=O)(=O)[O-].[Na+].[Na+].[Na+].[OH-]. The third-order valence-corrected chi connectivity index (χ3v) is 20.1. The van der Waals surface area contributed by atoms with Crippen molar-refractivity contribution in [1.29, 1.82) is 0 Å². The van der Waals surface area contributed by atoms with Gasteiger partial charge in [-0.05, 0) is 87.4 Å². The predicted octanol–water partition coefficient (Wildman–Crippen LogP) is 18.6. The van der Waals surface area contributed by atoms with Crippen LogP contribution >= 0.6 is 0 Å². The molecule has 11 nitrogen and oxygen atoms in total. The summed E-state index contributed by atoms with van der Waals surface area (Å²) >= 11 is 0. The number of hydrogen-bond donors (Lipinski definition) is 2. The van der Waals surface area contributed by atoms with Gasteiger partial charge in [0, 0.05) is 13.2 Å². The fourth-order valence-corrected chi connectivity index (χ4v) is 13.7. The van der Waals surface area contributed by atoms with E-state index in [0.29, 0.717) is 37.4 Å². The number of aliphatic hydroxyl groups excluding tert-OH is 2. The molecule has 16 heteroatoms. The molecule has 3 N–H and O–H groups in total. The molecule has 6 atom stereocenters. The van der Waals surface area contributed by atoms with Gasteiger partial charge in [-0.15, -0.1) is 0 Å². The molecule has 0 bridgehead atoms. The van der Waals surface area contributed by atoms with Crippen molar-refractivity contribution in [2.75, 3.05) is 26.4 Å². The molecule has 0 heterocycles. The maximum absolute atomic E-state index is 10.4. The molecule has 0 radical (unpaired) electrons. The van der Waals surface area contributed by atoms with E-state index in [1.807, 2.05) is 6.92 Å². The molecular formula is C84H175Na3O11S2. The number of allylic oxidation sites excluding steroid dienone is 2. The zero-order chi connectivity index (χ0) is 72.7. The summed E-state index contributed by atoms with van der Waals surface area (Å²) in [6.07, 6.45) is 81.0. The van der Waals surface area contributed by atoms with Crippen LogP contribution in [-0.4, -0.2) is 68.1 Å². The van der Waals surface area contributed by atoms with E-state index in [1.165, 1.54) is 347 Å². The van der Waals surface area contributed by atoms with Crippen LogP contribution < -0.4 is 88.7 Å². The van der Waals surface area contributed by atoms with Gasteiger partial charge in [-0.25, -0.2) is 16.8 Å². The monoisotopic (exact) mass is 1490 g/mol. The molecule has 0 aromatic rings. The minimum absolute atomic E-state index is 0. The van der Waals surface area contributed by atoms with E-state index < -0.39 is 20.8 Å². The Morgan fingerprint density at radius 1 is 0.330 bits per heavy atom. The van der Waals surface area contributed by atoms with Crippen molar-refractivity contribution in [2.45, 2.75) is 469 Å². The standard InChI is InChI=1S/2C17H36O4S.2C17H36O.C16H32.3Na.H2O/c1-4-5-6-7-8-9-10-11-12-13-16(2)14-17(3)15-21-22(18,19)20;1-3-4-5-6-7-8-9-10-11-14-17(2)15-12-13-16-21-22(18,19)20;1-4-5-6-7-8-9-10-11-12-13-16(2)14-17(3)15-18;1-3-4-5-6-7-8-9-10-11-14-17(2)15-12-13-16-18;1-4-6-7-8-9-10-11-12-13-15-16(3)14-5-2;;;;/h16-17H,4-15H2,1-3H3,(H,18,19,20);17H,3-16H2,1-2H3,(H,18,19,20);16-18H,4-15H2,1-3H3;17-18H,3-16H2,1-2H3;15H,4-14H2,1-3H3;;;;1H2/q;;;;;3*+1;/p-3/b;;;;16-15+;;;;. The number of unbranched alkanes of at least 4 members (excludes halogenated alkanes) is 42. The molecule has 0 amide bonds. The van der Waals surface area contributed by atoms with Gasteiger partial charge in [0.1, 0.15) is 0 Å². The van der Waals surface area contributed by atoms with Crippen LogP contribution in [0.1, 0.15) is 469 Å². The fourth-order valence-electron chi connectivity index (χ4n) is 12.9. The Balaban J connectivity index is -0.000000147. The van der Waals surface area contributed by atoms with Crippen LogP contribution in [0, 0.1) is 35.5 Å². The minimum atomic E-state index is -4.54. The first-order valence-electron chi connectivity index (χ1n) is 42.2. The molecule has 0 rings (SSSR count). The second-order valence-corrected chi connectivity index (χ2v) is 32.6. The summed E-state index contributed by atoms with van der Waals surface area (Å²) < 4.78 is 70.4. The van der Waals surface area contributed by atoms with Crippen molar-refractivity contribution >= 4 is 20.8 Å². The van der Waals surface area contributed by atoms with E-state index in [4.69, 9.17) is 10.2 Å². The first kappa shape index (κ1) is 121. The van der Waals surface area contributed by atoms with E-state index >= 15 is 0 Å². The zero-order valence-corrected chi connectivity index (χ0v) is 78.1. The van der Waals surface area contributed by atoms with Gasteiger partial charge in [0.15, 0.2) is 0 Å². The van der Waals surface area contributed by atoms with Gasteiger partial charge in [0.2, 0.25) is 20.8 Å². The number of rotatable bonds is 69. The molecule has 0 aliphatic carbocycles. The number of aliphatic hydroxyl groups is 2. The molecule has 0 saturated carbocycles. The summed E-state index contributed by atoms with van der Waals surface area (Å²) in [5, 5.41) is 17.7. The third kappa shape index (κ3) is 121. The van der Waals surface area contributed by atoms with Gasteiger partial charge in [-0.1, -0.05) is 429 Å². The fraction of sp³-hybridized carbons (Fsp3) is 0.976. The smallest absolute Gasteiger partial charge is 0.870 e. The maximum Gasteiger partial charge on any atom is 1.00 e. The van der Waals surface area contributed by atoms with Crippen molar-refractivity contribution < 1.29 is 139 Å². The molecule has 592 valence electrons. The van der Waals surface area contributed by atoms with Gasteiger partial charge in [0.05, 0.1) is 13.2 Å². The summed E-state index contributed by atoms with van der Waals surface area (Å²) in [4.78, 5) is 0. The van der Waals surface area contributed by atoms with E-state index in [0.717, 1.165) is 37.5 Å². The first-order valence-corrected chi connectivity index (χ1v) is 44.9. The minimum Gasteiger partial charge on any atom is -0.870 e. The van der Waals surface area contributed by atoms with E-state index in [1.54, 1.807) is 5.57 Å². The van der Waals surface area contributed by atoms with Crippen molar-refractivity contribution in [1.82, 2.24) is 0 Å². The van der Waals surface area contributed by atoms with Crippen LogP contribution in [-0.2, 0) is 29.2 Å². The van der Waals surface area contributed by atoms with Crippen molar-refractivity contribution in [3.63, 3.8) is 0 Å².